The Kier molecular flexibility index (Phi) is 5.56. The van der Waals surface area contributed by atoms with Crippen LogP contribution in [0, 0.1) is 17.0 Å². The molecule has 1 amide bonds. The van der Waals surface area contributed by atoms with Crippen molar-refractivity contribution in [3.8, 4) is 0 Å². The average molecular weight is 296 g/mol. The number of aryl methyl sites for hydroxylation is 1. The third kappa shape index (κ3) is 5.21. The van der Waals surface area contributed by atoms with Crippen LogP contribution in [0.3, 0.4) is 0 Å². The molecule has 110 valence electrons. The lowest BCUT2D eigenvalue weighted by molar-refractivity contribution is -0.385. The van der Waals surface area contributed by atoms with E-state index in [4.69, 9.17) is 0 Å². The summed E-state index contributed by atoms with van der Waals surface area (Å²) in [5, 5.41) is 13.5. The molecule has 0 saturated heterocycles. The largest absolute Gasteiger partial charge is 0.351 e. The maximum absolute atomic E-state index is 11.9. The number of amides is 1. The van der Waals surface area contributed by atoms with E-state index in [9.17, 15) is 14.9 Å². The highest BCUT2D eigenvalue weighted by molar-refractivity contribution is 8.00. The van der Waals surface area contributed by atoms with Gasteiger partial charge in [-0.05, 0) is 19.1 Å². The predicted octanol–water partition coefficient (Wildman–Crippen LogP) is 3.16. The van der Waals surface area contributed by atoms with Crippen LogP contribution in [0.4, 0.5) is 5.69 Å². The number of carbonyl (C=O) groups excluding carboxylic acids is 1. The monoisotopic (exact) mass is 296 g/mol. The molecule has 0 aromatic heterocycles. The van der Waals surface area contributed by atoms with Crippen LogP contribution in [0.15, 0.2) is 18.2 Å². The third-order valence-corrected chi connectivity index (χ3v) is 3.85. The first kappa shape index (κ1) is 16.5. The van der Waals surface area contributed by atoms with Gasteiger partial charge in [-0.2, -0.15) is 11.8 Å². The molecule has 0 bridgehead atoms. The molecule has 20 heavy (non-hydrogen) atoms. The van der Waals surface area contributed by atoms with Crippen LogP contribution in [0.2, 0.25) is 0 Å². The lowest BCUT2D eigenvalue weighted by atomic mass is 10.1. The summed E-state index contributed by atoms with van der Waals surface area (Å²) in [7, 11) is 0. The fraction of sp³-hybridized carbons (Fsp3) is 0.500. The molecule has 0 atom stereocenters. The maximum atomic E-state index is 11.9. The summed E-state index contributed by atoms with van der Waals surface area (Å²) >= 11 is 1.78. The van der Waals surface area contributed by atoms with E-state index in [-0.39, 0.29) is 16.3 Å². The lowest BCUT2D eigenvalue weighted by Gasteiger charge is -2.17. The summed E-state index contributed by atoms with van der Waals surface area (Å²) in [6.07, 6.45) is 0. The van der Waals surface area contributed by atoms with E-state index in [0.29, 0.717) is 17.7 Å². The Morgan fingerprint density at radius 1 is 1.40 bits per heavy atom. The van der Waals surface area contributed by atoms with Gasteiger partial charge in [0.1, 0.15) is 0 Å². The standard InChI is InChI=1S/C14H20N2O3S/c1-10-9-11(5-6-12(10)16(18)19)13(17)15-7-8-20-14(2,3)4/h5-6,9H,7-8H2,1-4H3,(H,15,17). The SMILES string of the molecule is Cc1cc(C(=O)NCCSC(C)(C)C)ccc1[N+](=O)[O-]. The van der Waals surface area contributed by atoms with Crippen LogP contribution in [-0.2, 0) is 0 Å². The molecule has 1 aromatic carbocycles. The number of nitrogens with zero attached hydrogens (tertiary/aromatic N) is 1. The van der Waals surface area contributed by atoms with E-state index < -0.39 is 4.92 Å². The van der Waals surface area contributed by atoms with Gasteiger partial charge in [-0.3, -0.25) is 14.9 Å². The first-order chi connectivity index (χ1) is 9.20. The minimum Gasteiger partial charge on any atom is -0.351 e. The smallest absolute Gasteiger partial charge is 0.272 e. The van der Waals surface area contributed by atoms with E-state index in [0.717, 1.165) is 5.75 Å². The number of nitro benzene ring substituents is 1. The topological polar surface area (TPSA) is 72.2 Å². The number of rotatable bonds is 5. The average Bonchev–Trinajstić information content (AvgIpc) is 2.32. The van der Waals surface area contributed by atoms with E-state index in [1.807, 2.05) is 0 Å². The number of thioether (sulfide) groups is 1. The van der Waals surface area contributed by atoms with Crippen molar-refractivity contribution in [1.29, 1.82) is 0 Å². The Hall–Kier alpha value is -1.56. The van der Waals surface area contributed by atoms with Crippen molar-refractivity contribution in [2.24, 2.45) is 0 Å². The van der Waals surface area contributed by atoms with Crippen LogP contribution < -0.4 is 5.32 Å². The van der Waals surface area contributed by atoms with Crippen LogP contribution in [0.5, 0.6) is 0 Å². The van der Waals surface area contributed by atoms with Crippen molar-refractivity contribution in [3.05, 3.63) is 39.4 Å². The van der Waals surface area contributed by atoms with Crippen molar-refractivity contribution in [3.63, 3.8) is 0 Å². The van der Waals surface area contributed by atoms with Gasteiger partial charge >= 0.3 is 0 Å². The van der Waals surface area contributed by atoms with Gasteiger partial charge in [0.25, 0.3) is 11.6 Å². The zero-order valence-electron chi connectivity index (χ0n) is 12.2. The Labute approximate surface area is 123 Å². The minimum atomic E-state index is -0.447. The first-order valence-electron chi connectivity index (χ1n) is 6.38. The first-order valence-corrected chi connectivity index (χ1v) is 7.36. The van der Waals surface area contributed by atoms with E-state index in [1.165, 1.54) is 12.1 Å². The molecule has 0 aliphatic carbocycles. The van der Waals surface area contributed by atoms with E-state index >= 15 is 0 Å². The molecule has 5 nitrogen and oxygen atoms in total. The molecule has 0 aliphatic heterocycles. The third-order valence-electron chi connectivity index (χ3n) is 2.58. The number of benzene rings is 1. The van der Waals surface area contributed by atoms with Gasteiger partial charge < -0.3 is 5.32 Å². The van der Waals surface area contributed by atoms with Crippen molar-refractivity contribution < 1.29 is 9.72 Å². The molecule has 1 aromatic rings. The number of nitrogens with one attached hydrogen (secondary N) is 1. The van der Waals surface area contributed by atoms with E-state index in [1.54, 1.807) is 24.8 Å². The fourth-order valence-corrected chi connectivity index (χ4v) is 2.44. The summed E-state index contributed by atoms with van der Waals surface area (Å²) in [5.74, 6) is 0.638. The molecular weight excluding hydrogens is 276 g/mol. The van der Waals surface area contributed by atoms with Crippen LogP contribution in [0.1, 0.15) is 36.7 Å². The van der Waals surface area contributed by atoms with Gasteiger partial charge in [-0.25, -0.2) is 0 Å². The predicted molar refractivity (Wildman–Crippen MR) is 82.4 cm³/mol. The van der Waals surface area contributed by atoms with Gasteiger partial charge in [0.15, 0.2) is 0 Å². The molecule has 0 heterocycles. The summed E-state index contributed by atoms with van der Waals surface area (Å²) in [6, 6.07) is 4.40. The number of carbonyl (C=O) groups is 1. The highest BCUT2D eigenvalue weighted by Gasteiger charge is 2.14. The number of nitro groups is 1. The highest BCUT2D eigenvalue weighted by Crippen LogP contribution is 2.22. The number of hydrogen-bond donors (Lipinski definition) is 1. The molecular formula is C14H20N2O3S. The number of hydrogen-bond acceptors (Lipinski definition) is 4. The second-order valence-electron chi connectivity index (χ2n) is 5.48. The summed E-state index contributed by atoms with van der Waals surface area (Å²) in [5.41, 5.74) is 0.977. The molecule has 0 saturated carbocycles. The van der Waals surface area contributed by atoms with Crippen LogP contribution in [-0.4, -0.2) is 27.9 Å². The summed E-state index contributed by atoms with van der Waals surface area (Å²) in [6.45, 7) is 8.58. The Bertz CT molecular complexity index is 510. The van der Waals surface area contributed by atoms with Crippen molar-refractivity contribution in [1.82, 2.24) is 5.32 Å². The molecule has 0 radical (unpaired) electrons. The molecule has 1 N–H and O–H groups in total. The van der Waals surface area contributed by atoms with Crippen LogP contribution in [0.25, 0.3) is 0 Å². The van der Waals surface area contributed by atoms with Gasteiger partial charge in [0.2, 0.25) is 0 Å². The summed E-state index contributed by atoms with van der Waals surface area (Å²) in [4.78, 5) is 22.2. The zero-order chi connectivity index (χ0) is 15.3. The van der Waals surface area contributed by atoms with Crippen molar-refractivity contribution in [2.45, 2.75) is 32.4 Å². The summed E-state index contributed by atoms with van der Waals surface area (Å²) < 4.78 is 0.175. The van der Waals surface area contributed by atoms with Crippen molar-refractivity contribution >= 4 is 23.4 Å². The maximum Gasteiger partial charge on any atom is 0.272 e. The Morgan fingerprint density at radius 3 is 2.55 bits per heavy atom. The quantitative estimate of drug-likeness (QED) is 0.514. The molecule has 0 unspecified atom stereocenters. The molecule has 0 spiro atoms. The second kappa shape index (κ2) is 6.74. The molecule has 6 heteroatoms. The van der Waals surface area contributed by atoms with Gasteiger partial charge in [0, 0.05) is 34.2 Å². The van der Waals surface area contributed by atoms with Gasteiger partial charge in [0.05, 0.1) is 4.92 Å². The minimum absolute atomic E-state index is 0.0323. The zero-order valence-corrected chi connectivity index (χ0v) is 13.0. The second-order valence-corrected chi connectivity index (χ2v) is 7.40. The fourth-order valence-electron chi connectivity index (χ4n) is 1.63. The molecule has 0 fully saturated rings. The molecule has 1 rings (SSSR count). The van der Waals surface area contributed by atoms with E-state index in [2.05, 4.69) is 26.1 Å². The van der Waals surface area contributed by atoms with Crippen LogP contribution >= 0.6 is 11.8 Å². The Morgan fingerprint density at radius 2 is 2.05 bits per heavy atom. The molecule has 0 aliphatic rings. The van der Waals surface area contributed by atoms with Gasteiger partial charge in [-0.1, -0.05) is 20.8 Å². The Balaban J connectivity index is 2.56. The normalized spacial score (nSPS) is 11.2. The van der Waals surface area contributed by atoms with Gasteiger partial charge in [-0.15, -0.1) is 0 Å². The lowest BCUT2D eigenvalue weighted by Crippen LogP contribution is -2.27. The highest BCUT2D eigenvalue weighted by atomic mass is 32.2. The van der Waals surface area contributed by atoms with Crippen molar-refractivity contribution in [2.75, 3.05) is 12.3 Å².